The normalized spacial score (nSPS) is 11.4. The minimum Gasteiger partial charge on any atom is -0.444 e. The van der Waals surface area contributed by atoms with Gasteiger partial charge in [0, 0.05) is 11.4 Å². The Bertz CT molecular complexity index is 652. The third kappa shape index (κ3) is 3.13. The summed E-state index contributed by atoms with van der Waals surface area (Å²) in [6, 6.07) is 6.02. The van der Waals surface area contributed by atoms with E-state index in [1.54, 1.807) is 0 Å². The number of nitrogens with one attached hydrogen (secondary N) is 1. The zero-order valence-electron chi connectivity index (χ0n) is 9.79. The molecule has 0 atom stereocenters. The SMILES string of the molecule is Nc1ccc(NC(=O)c2ccc(Br)o2)cc1C(F)(F)F. The van der Waals surface area contributed by atoms with E-state index in [4.69, 9.17) is 10.2 Å². The Hall–Kier alpha value is -1.96. The third-order valence-corrected chi connectivity index (χ3v) is 2.84. The topological polar surface area (TPSA) is 68.3 Å². The molecule has 106 valence electrons. The predicted molar refractivity (Wildman–Crippen MR) is 70.2 cm³/mol. The van der Waals surface area contributed by atoms with Gasteiger partial charge in [0.15, 0.2) is 10.4 Å². The first-order chi connectivity index (χ1) is 9.27. The molecule has 4 nitrogen and oxygen atoms in total. The largest absolute Gasteiger partial charge is 0.444 e. The maximum Gasteiger partial charge on any atom is 0.418 e. The molecular formula is C12H8BrF3N2O2. The highest BCUT2D eigenvalue weighted by molar-refractivity contribution is 9.10. The van der Waals surface area contributed by atoms with E-state index in [-0.39, 0.29) is 11.4 Å². The molecule has 1 amide bonds. The average Bonchev–Trinajstić information content (AvgIpc) is 2.77. The van der Waals surface area contributed by atoms with E-state index >= 15 is 0 Å². The first-order valence-corrected chi connectivity index (χ1v) is 6.10. The summed E-state index contributed by atoms with van der Waals surface area (Å²) in [5.74, 6) is -0.684. The molecule has 0 bridgehead atoms. The molecular weight excluding hydrogens is 341 g/mol. The van der Waals surface area contributed by atoms with Crippen LogP contribution in [0.2, 0.25) is 0 Å². The molecule has 0 spiro atoms. The lowest BCUT2D eigenvalue weighted by Gasteiger charge is -2.12. The van der Waals surface area contributed by atoms with Crippen molar-refractivity contribution in [1.82, 2.24) is 0 Å². The molecule has 2 aromatic rings. The Morgan fingerprint density at radius 3 is 2.50 bits per heavy atom. The van der Waals surface area contributed by atoms with E-state index in [9.17, 15) is 18.0 Å². The van der Waals surface area contributed by atoms with Gasteiger partial charge in [-0.2, -0.15) is 13.2 Å². The van der Waals surface area contributed by atoms with Crippen LogP contribution in [-0.2, 0) is 6.18 Å². The van der Waals surface area contributed by atoms with Crippen molar-refractivity contribution in [3.63, 3.8) is 0 Å². The molecule has 0 fully saturated rings. The van der Waals surface area contributed by atoms with Gasteiger partial charge in [-0.25, -0.2) is 0 Å². The smallest absolute Gasteiger partial charge is 0.418 e. The van der Waals surface area contributed by atoms with Crippen molar-refractivity contribution in [2.45, 2.75) is 6.18 Å². The summed E-state index contributed by atoms with van der Waals surface area (Å²) in [6.45, 7) is 0. The molecule has 1 aromatic heterocycles. The van der Waals surface area contributed by atoms with Crippen LogP contribution in [-0.4, -0.2) is 5.91 Å². The molecule has 20 heavy (non-hydrogen) atoms. The summed E-state index contributed by atoms with van der Waals surface area (Å²) >= 11 is 3.02. The molecule has 0 aliphatic rings. The fourth-order valence-electron chi connectivity index (χ4n) is 1.51. The Balaban J connectivity index is 2.24. The minimum absolute atomic E-state index is 0.0240. The number of anilines is 2. The molecule has 3 N–H and O–H groups in total. The van der Waals surface area contributed by atoms with Crippen LogP contribution < -0.4 is 11.1 Å². The molecule has 1 aromatic carbocycles. The summed E-state index contributed by atoms with van der Waals surface area (Å²) in [5.41, 5.74) is 3.83. The van der Waals surface area contributed by atoms with E-state index in [2.05, 4.69) is 21.2 Å². The molecule has 8 heteroatoms. The molecule has 1 heterocycles. The van der Waals surface area contributed by atoms with Crippen molar-refractivity contribution in [2.75, 3.05) is 11.1 Å². The van der Waals surface area contributed by atoms with Gasteiger partial charge < -0.3 is 15.5 Å². The van der Waals surface area contributed by atoms with E-state index in [0.717, 1.165) is 12.1 Å². The Labute approximate surface area is 119 Å². The number of halogens is 4. The highest BCUT2D eigenvalue weighted by Crippen LogP contribution is 2.35. The van der Waals surface area contributed by atoms with Gasteiger partial charge in [0.2, 0.25) is 0 Å². The van der Waals surface area contributed by atoms with Crippen molar-refractivity contribution in [1.29, 1.82) is 0 Å². The Morgan fingerprint density at radius 1 is 1.25 bits per heavy atom. The zero-order chi connectivity index (χ0) is 14.9. The number of nitrogens with two attached hydrogens (primary N) is 1. The van der Waals surface area contributed by atoms with Crippen LogP contribution in [0.3, 0.4) is 0 Å². The highest BCUT2D eigenvalue weighted by atomic mass is 79.9. The summed E-state index contributed by atoms with van der Waals surface area (Å²) < 4.78 is 43.4. The second-order valence-corrected chi connectivity index (χ2v) is 4.64. The van der Waals surface area contributed by atoms with Gasteiger partial charge in [0.05, 0.1) is 5.56 Å². The number of hydrogen-bond donors (Lipinski definition) is 2. The van der Waals surface area contributed by atoms with Crippen LogP contribution in [0.5, 0.6) is 0 Å². The lowest BCUT2D eigenvalue weighted by Crippen LogP contribution is -2.13. The number of benzene rings is 1. The Kier molecular flexibility index (Phi) is 3.76. The number of rotatable bonds is 2. The summed E-state index contributed by atoms with van der Waals surface area (Å²) in [5, 5.41) is 2.30. The summed E-state index contributed by atoms with van der Waals surface area (Å²) in [4.78, 5) is 11.7. The molecule has 0 aliphatic heterocycles. The predicted octanol–water partition coefficient (Wildman–Crippen LogP) is 3.90. The van der Waals surface area contributed by atoms with Crippen molar-refractivity contribution < 1.29 is 22.4 Å². The van der Waals surface area contributed by atoms with E-state index in [1.807, 2.05) is 0 Å². The van der Waals surface area contributed by atoms with E-state index in [0.29, 0.717) is 4.67 Å². The zero-order valence-corrected chi connectivity index (χ0v) is 11.4. The number of hydrogen-bond acceptors (Lipinski definition) is 3. The molecule has 0 saturated carbocycles. The molecule has 0 aliphatic carbocycles. The quantitative estimate of drug-likeness (QED) is 0.809. The van der Waals surface area contributed by atoms with Crippen molar-refractivity contribution in [3.05, 3.63) is 46.3 Å². The van der Waals surface area contributed by atoms with Crippen LogP contribution in [0.4, 0.5) is 24.5 Å². The monoisotopic (exact) mass is 348 g/mol. The van der Waals surface area contributed by atoms with Crippen molar-refractivity contribution in [2.24, 2.45) is 0 Å². The molecule has 0 radical (unpaired) electrons. The second-order valence-electron chi connectivity index (χ2n) is 3.86. The lowest BCUT2D eigenvalue weighted by atomic mass is 10.1. The second kappa shape index (κ2) is 5.20. The van der Waals surface area contributed by atoms with Crippen LogP contribution in [0.1, 0.15) is 16.1 Å². The number of furan rings is 1. The molecule has 0 saturated heterocycles. The number of amides is 1. The molecule has 2 rings (SSSR count). The number of carbonyl (C=O) groups is 1. The lowest BCUT2D eigenvalue weighted by molar-refractivity contribution is -0.136. The Morgan fingerprint density at radius 2 is 1.95 bits per heavy atom. The third-order valence-electron chi connectivity index (χ3n) is 2.41. The first-order valence-electron chi connectivity index (χ1n) is 5.31. The number of carbonyl (C=O) groups excluding carboxylic acids is 1. The van der Waals surface area contributed by atoms with Crippen LogP contribution in [0.25, 0.3) is 0 Å². The highest BCUT2D eigenvalue weighted by Gasteiger charge is 2.33. The van der Waals surface area contributed by atoms with Gasteiger partial charge in [-0.1, -0.05) is 0 Å². The van der Waals surface area contributed by atoms with E-state index in [1.165, 1.54) is 18.2 Å². The number of nitrogen functional groups attached to an aromatic ring is 1. The van der Waals surface area contributed by atoms with Crippen LogP contribution >= 0.6 is 15.9 Å². The fraction of sp³-hybridized carbons (Fsp3) is 0.0833. The van der Waals surface area contributed by atoms with E-state index < -0.39 is 23.3 Å². The van der Waals surface area contributed by atoms with Gasteiger partial charge in [-0.15, -0.1) is 0 Å². The number of alkyl halides is 3. The standard InChI is InChI=1S/C12H8BrF3N2O2/c13-10-4-3-9(20-10)11(19)18-6-1-2-8(17)7(5-6)12(14,15)16/h1-5H,17H2,(H,18,19). The minimum atomic E-state index is -4.58. The van der Waals surface area contributed by atoms with Gasteiger partial charge in [0.25, 0.3) is 5.91 Å². The fourth-order valence-corrected chi connectivity index (χ4v) is 1.82. The summed E-state index contributed by atoms with van der Waals surface area (Å²) in [7, 11) is 0. The summed E-state index contributed by atoms with van der Waals surface area (Å²) in [6.07, 6.45) is -4.58. The maximum absolute atomic E-state index is 12.7. The molecule has 0 unspecified atom stereocenters. The van der Waals surface area contributed by atoms with Crippen molar-refractivity contribution in [3.8, 4) is 0 Å². The average molecular weight is 349 g/mol. The van der Waals surface area contributed by atoms with Gasteiger partial charge in [-0.3, -0.25) is 4.79 Å². The van der Waals surface area contributed by atoms with Gasteiger partial charge >= 0.3 is 6.18 Å². The van der Waals surface area contributed by atoms with Crippen molar-refractivity contribution >= 4 is 33.2 Å². The van der Waals surface area contributed by atoms with Crippen LogP contribution in [0, 0.1) is 0 Å². The maximum atomic E-state index is 12.7. The first kappa shape index (κ1) is 14.4. The van der Waals surface area contributed by atoms with Gasteiger partial charge in [-0.05, 0) is 46.3 Å². The van der Waals surface area contributed by atoms with Crippen LogP contribution in [0.15, 0.2) is 39.4 Å². The van der Waals surface area contributed by atoms with Gasteiger partial charge in [0.1, 0.15) is 0 Å².